The molecule has 1 aliphatic rings. The topological polar surface area (TPSA) is 69.0 Å². The Hall–Kier alpha value is -3.28. The van der Waals surface area contributed by atoms with Crippen molar-refractivity contribution in [2.24, 2.45) is 15.7 Å². The van der Waals surface area contributed by atoms with Crippen LogP contribution in [0.4, 0.5) is 0 Å². The average Bonchev–Trinajstić information content (AvgIpc) is 2.77. The summed E-state index contributed by atoms with van der Waals surface area (Å²) in [5.41, 5.74) is 5.62. The molecule has 4 rings (SSSR count). The fraction of sp³-hybridized carbons (Fsp3) is 0.360. The quantitative estimate of drug-likeness (QED) is 0.398. The van der Waals surface area contributed by atoms with Crippen LogP contribution >= 0.6 is 0 Å². The predicted molar refractivity (Wildman–Crippen MR) is 123 cm³/mol. The number of aromatic nitrogens is 2. The van der Waals surface area contributed by atoms with E-state index in [1.165, 1.54) is 5.56 Å². The van der Waals surface area contributed by atoms with Gasteiger partial charge in [0, 0.05) is 16.5 Å². The Labute approximate surface area is 183 Å². The normalized spacial score (nSPS) is 15.4. The van der Waals surface area contributed by atoms with Gasteiger partial charge in [-0.1, -0.05) is 54.5 Å². The molecular formula is C25H28N4O2. The molecule has 0 N–H and O–H groups in total. The van der Waals surface area contributed by atoms with Gasteiger partial charge in [-0.15, -0.1) is 0 Å². The van der Waals surface area contributed by atoms with Crippen LogP contribution in [0.1, 0.15) is 49.3 Å². The van der Waals surface area contributed by atoms with Crippen molar-refractivity contribution < 1.29 is 9.68 Å². The zero-order valence-corrected chi connectivity index (χ0v) is 18.3. The average molecular weight is 417 g/mol. The molecule has 0 amide bonds. The molecule has 2 aromatic heterocycles. The molecule has 160 valence electrons. The van der Waals surface area contributed by atoms with E-state index in [-0.39, 0.29) is 5.41 Å². The zero-order chi connectivity index (χ0) is 21.7. The summed E-state index contributed by atoms with van der Waals surface area (Å²) in [6, 6.07) is 16.1. The summed E-state index contributed by atoms with van der Waals surface area (Å²) in [7, 11) is 0. The highest BCUT2D eigenvalue weighted by atomic mass is 16.6. The highest BCUT2D eigenvalue weighted by Gasteiger charge is 2.22. The summed E-state index contributed by atoms with van der Waals surface area (Å²) in [5.74, 6) is 0. The third kappa shape index (κ3) is 5.45. The second-order valence-corrected chi connectivity index (χ2v) is 8.73. The van der Waals surface area contributed by atoms with Gasteiger partial charge < -0.3 is 9.68 Å². The number of benzene rings is 1. The molecule has 0 saturated carbocycles. The van der Waals surface area contributed by atoms with Crippen LogP contribution < -0.4 is 0 Å². The molecule has 31 heavy (non-hydrogen) atoms. The monoisotopic (exact) mass is 416 g/mol. The highest BCUT2D eigenvalue weighted by molar-refractivity contribution is 6.00. The zero-order valence-electron chi connectivity index (χ0n) is 18.3. The first-order valence-electron chi connectivity index (χ1n) is 10.7. The predicted octanol–water partition coefficient (Wildman–Crippen LogP) is 5.07. The number of fused-ring (bicyclic) bond motifs is 2. The lowest BCUT2D eigenvalue weighted by Gasteiger charge is -2.22. The van der Waals surface area contributed by atoms with Crippen LogP contribution in [0.5, 0.6) is 0 Å². The van der Waals surface area contributed by atoms with E-state index >= 15 is 0 Å². The minimum absolute atomic E-state index is 0.240. The van der Waals surface area contributed by atoms with Crippen molar-refractivity contribution in [2.45, 2.75) is 40.0 Å². The van der Waals surface area contributed by atoms with E-state index < -0.39 is 0 Å². The van der Waals surface area contributed by atoms with Gasteiger partial charge in [-0.05, 0) is 49.9 Å². The Balaban J connectivity index is 1.30. The van der Waals surface area contributed by atoms with Gasteiger partial charge in [0.05, 0.1) is 23.1 Å². The maximum Gasteiger partial charge on any atom is 0.125 e. The second-order valence-electron chi connectivity index (χ2n) is 8.73. The molecule has 0 unspecified atom stereocenters. The molecule has 6 nitrogen and oxygen atoms in total. The molecule has 3 aromatic rings. The Morgan fingerprint density at radius 2 is 1.81 bits per heavy atom. The Morgan fingerprint density at radius 1 is 0.968 bits per heavy atom. The molecular weight excluding hydrogens is 388 g/mol. The number of hydrogen-bond donors (Lipinski definition) is 0. The van der Waals surface area contributed by atoms with Crippen molar-refractivity contribution in [1.29, 1.82) is 0 Å². The van der Waals surface area contributed by atoms with E-state index in [1.54, 1.807) is 6.21 Å². The standard InChI is InChI=1S/C25H28N4O2/c1-18-11-12-20-8-6-10-23(24(20)27-18)29-31-17-25(2,3)16-30-26-15-21-14-13-19-7-4-5-9-22(19)28-21/h4-5,7,9,11-15H,6,8,10,16-17H2,1-3H3. The van der Waals surface area contributed by atoms with Crippen molar-refractivity contribution in [3.8, 4) is 0 Å². The summed E-state index contributed by atoms with van der Waals surface area (Å²) in [5, 5.41) is 9.59. The molecule has 0 atom stereocenters. The van der Waals surface area contributed by atoms with Crippen molar-refractivity contribution in [2.75, 3.05) is 13.2 Å². The fourth-order valence-corrected chi connectivity index (χ4v) is 3.47. The molecule has 0 radical (unpaired) electrons. The van der Waals surface area contributed by atoms with Crippen LogP contribution in [0.15, 0.2) is 58.8 Å². The maximum atomic E-state index is 5.70. The number of oxime groups is 2. The van der Waals surface area contributed by atoms with Gasteiger partial charge in [0.15, 0.2) is 0 Å². The lowest BCUT2D eigenvalue weighted by Crippen LogP contribution is -2.24. The number of pyridine rings is 2. The largest absolute Gasteiger partial charge is 0.395 e. The number of hydrogen-bond acceptors (Lipinski definition) is 6. The first-order chi connectivity index (χ1) is 15.0. The van der Waals surface area contributed by atoms with Crippen LogP contribution in [0, 0.1) is 12.3 Å². The number of nitrogens with zero attached hydrogens (tertiary/aromatic N) is 4. The first-order valence-corrected chi connectivity index (χ1v) is 10.7. The van der Waals surface area contributed by atoms with Crippen LogP contribution in [-0.4, -0.2) is 35.1 Å². The fourth-order valence-electron chi connectivity index (χ4n) is 3.47. The molecule has 0 bridgehead atoms. The third-order valence-corrected chi connectivity index (χ3v) is 5.22. The number of para-hydroxylation sites is 1. The summed E-state index contributed by atoms with van der Waals surface area (Å²) in [4.78, 5) is 20.4. The smallest absolute Gasteiger partial charge is 0.125 e. The summed E-state index contributed by atoms with van der Waals surface area (Å²) >= 11 is 0. The van der Waals surface area contributed by atoms with Gasteiger partial charge in [-0.3, -0.25) is 4.98 Å². The SMILES string of the molecule is Cc1ccc2c(n1)C(=NOCC(C)(C)CON=Cc1ccc3ccccc3n1)CCC2. The van der Waals surface area contributed by atoms with Crippen molar-refractivity contribution >= 4 is 22.8 Å². The number of rotatable bonds is 7. The first kappa shape index (κ1) is 21.0. The van der Waals surface area contributed by atoms with Crippen LogP contribution in [0.2, 0.25) is 0 Å². The molecule has 0 aliphatic heterocycles. The van der Waals surface area contributed by atoms with Crippen LogP contribution in [0.25, 0.3) is 10.9 Å². The van der Waals surface area contributed by atoms with Gasteiger partial charge in [-0.25, -0.2) is 4.98 Å². The van der Waals surface area contributed by atoms with E-state index in [9.17, 15) is 0 Å². The Kier molecular flexibility index (Phi) is 6.26. The Morgan fingerprint density at radius 3 is 2.71 bits per heavy atom. The van der Waals surface area contributed by atoms with E-state index in [1.807, 2.05) is 43.3 Å². The van der Waals surface area contributed by atoms with Gasteiger partial charge in [0.1, 0.15) is 18.9 Å². The molecule has 0 saturated heterocycles. The molecule has 6 heteroatoms. The molecule has 2 heterocycles. The van der Waals surface area contributed by atoms with Crippen molar-refractivity contribution in [3.05, 3.63) is 71.2 Å². The summed E-state index contributed by atoms with van der Waals surface area (Å²) in [6.45, 7) is 6.97. The maximum absolute atomic E-state index is 5.70. The van der Waals surface area contributed by atoms with E-state index in [0.717, 1.165) is 53.0 Å². The third-order valence-electron chi connectivity index (χ3n) is 5.22. The second kappa shape index (κ2) is 9.25. The van der Waals surface area contributed by atoms with Gasteiger partial charge in [0.2, 0.25) is 0 Å². The lowest BCUT2D eigenvalue weighted by atomic mass is 9.94. The van der Waals surface area contributed by atoms with E-state index in [0.29, 0.717) is 13.2 Å². The highest BCUT2D eigenvalue weighted by Crippen LogP contribution is 2.22. The van der Waals surface area contributed by atoms with Crippen LogP contribution in [-0.2, 0) is 16.1 Å². The van der Waals surface area contributed by atoms with E-state index in [2.05, 4.69) is 46.3 Å². The Bertz CT molecular complexity index is 1120. The molecule has 1 aromatic carbocycles. The van der Waals surface area contributed by atoms with Gasteiger partial charge in [-0.2, -0.15) is 0 Å². The minimum Gasteiger partial charge on any atom is -0.395 e. The van der Waals surface area contributed by atoms with Crippen molar-refractivity contribution in [1.82, 2.24) is 9.97 Å². The lowest BCUT2D eigenvalue weighted by molar-refractivity contribution is 0.000297. The summed E-state index contributed by atoms with van der Waals surface area (Å²) in [6.07, 6.45) is 4.65. The minimum atomic E-state index is -0.240. The molecule has 0 spiro atoms. The van der Waals surface area contributed by atoms with Gasteiger partial charge in [0.25, 0.3) is 0 Å². The molecule has 1 aliphatic carbocycles. The van der Waals surface area contributed by atoms with Gasteiger partial charge >= 0.3 is 0 Å². The summed E-state index contributed by atoms with van der Waals surface area (Å²) < 4.78 is 0. The van der Waals surface area contributed by atoms with Crippen LogP contribution in [0.3, 0.4) is 0 Å². The number of aryl methyl sites for hydroxylation is 2. The molecule has 0 fully saturated rings. The van der Waals surface area contributed by atoms with E-state index in [4.69, 9.17) is 9.68 Å². The van der Waals surface area contributed by atoms with Crippen molar-refractivity contribution in [3.63, 3.8) is 0 Å².